The van der Waals surface area contributed by atoms with E-state index >= 15 is 0 Å². The SMILES string of the molecule is COc1ccccc1NC(=O)Cc1nc(-c2ccc3c(c2)OCO3)oc1C. The molecule has 0 saturated carbocycles. The van der Waals surface area contributed by atoms with Gasteiger partial charge in [0.1, 0.15) is 11.5 Å². The number of aromatic nitrogens is 1. The zero-order chi connectivity index (χ0) is 18.8. The number of fused-ring (bicyclic) bond motifs is 1. The highest BCUT2D eigenvalue weighted by molar-refractivity contribution is 5.93. The molecule has 138 valence electrons. The van der Waals surface area contributed by atoms with Crippen LogP contribution in [0.2, 0.25) is 0 Å². The number of methoxy groups -OCH3 is 1. The molecule has 1 N–H and O–H groups in total. The number of nitrogens with zero attached hydrogens (tertiary/aromatic N) is 1. The van der Waals surface area contributed by atoms with Gasteiger partial charge in [0.05, 0.1) is 24.9 Å². The highest BCUT2D eigenvalue weighted by Crippen LogP contribution is 2.36. The van der Waals surface area contributed by atoms with E-state index in [1.54, 1.807) is 26.2 Å². The largest absolute Gasteiger partial charge is 0.495 e. The molecule has 0 unspecified atom stereocenters. The normalized spacial score (nSPS) is 12.1. The van der Waals surface area contributed by atoms with Crippen LogP contribution < -0.4 is 19.5 Å². The Kier molecular flexibility index (Phi) is 4.42. The highest BCUT2D eigenvalue weighted by atomic mass is 16.7. The minimum atomic E-state index is -0.201. The monoisotopic (exact) mass is 366 g/mol. The fourth-order valence-corrected chi connectivity index (χ4v) is 2.84. The minimum Gasteiger partial charge on any atom is -0.495 e. The molecule has 1 aliphatic heterocycles. The van der Waals surface area contributed by atoms with E-state index in [0.717, 1.165) is 5.56 Å². The predicted octanol–water partition coefficient (Wildman–Crippen LogP) is 3.57. The summed E-state index contributed by atoms with van der Waals surface area (Å²) >= 11 is 0. The molecule has 7 nitrogen and oxygen atoms in total. The van der Waals surface area contributed by atoms with Crippen LogP contribution in [0.5, 0.6) is 17.2 Å². The molecule has 27 heavy (non-hydrogen) atoms. The van der Waals surface area contributed by atoms with Crippen molar-refractivity contribution in [1.82, 2.24) is 4.98 Å². The van der Waals surface area contributed by atoms with Crippen molar-refractivity contribution in [2.24, 2.45) is 0 Å². The quantitative estimate of drug-likeness (QED) is 0.743. The van der Waals surface area contributed by atoms with Crippen LogP contribution in [0.15, 0.2) is 46.9 Å². The number of hydrogen-bond donors (Lipinski definition) is 1. The molecule has 0 radical (unpaired) electrons. The average Bonchev–Trinajstić information content (AvgIpc) is 3.28. The van der Waals surface area contributed by atoms with E-state index in [1.807, 2.05) is 30.3 Å². The summed E-state index contributed by atoms with van der Waals surface area (Å²) in [5, 5.41) is 2.84. The first kappa shape index (κ1) is 17.0. The van der Waals surface area contributed by atoms with E-state index in [0.29, 0.717) is 40.3 Å². The Morgan fingerprint density at radius 1 is 1.19 bits per heavy atom. The lowest BCUT2D eigenvalue weighted by molar-refractivity contribution is -0.115. The number of benzene rings is 2. The van der Waals surface area contributed by atoms with Gasteiger partial charge in [-0.2, -0.15) is 0 Å². The number of para-hydroxylation sites is 2. The van der Waals surface area contributed by atoms with Crippen LogP contribution in [-0.2, 0) is 11.2 Å². The average molecular weight is 366 g/mol. The topological polar surface area (TPSA) is 82.8 Å². The third-order valence-electron chi connectivity index (χ3n) is 4.22. The number of carbonyl (C=O) groups is 1. The molecule has 4 rings (SSSR count). The first-order valence-electron chi connectivity index (χ1n) is 8.43. The molecule has 0 aliphatic carbocycles. The molecule has 1 aliphatic rings. The maximum absolute atomic E-state index is 12.4. The van der Waals surface area contributed by atoms with Crippen molar-refractivity contribution in [1.29, 1.82) is 0 Å². The molecular formula is C20H18N2O5. The van der Waals surface area contributed by atoms with Gasteiger partial charge in [0.15, 0.2) is 11.5 Å². The molecule has 0 spiro atoms. The van der Waals surface area contributed by atoms with Crippen molar-refractivity contribution in [2.75, 3.05) is 19.2 Å². The molecule has 0 saturated heterocycles. The molecule has 1 aromatic heterocycles. The zero-order valence-electron chi connectivity index (χ0n) is 14.9. The first-order valence-corrected chi connectivity index (χ1v) is 8.43. The number of hydrogen-bond acceptors (Lipinski definition) is 6. The van der Waals surface area contributed by atoms with E-state index in [4.69, 9.17) is 18.6 Å². The van der Waals surface area contributed by atoms with E-state index in [9.17, 15) is 4.79 Å². The second-order valence-electron chi connectivity index (χ2n) is 6.02. The summed E-state index contributed by atoms with van der Waals surface area (Å²) in [5.41, 5.74) is 1.95. The molecule has 1 amide bonds. The first-order chi connectivity index (χ1) is 13.1. The second kappa shape index (κ2) is 7.03. The Labute approximate surface area is 155 Å². The van der Waals surface area contributed by atoms with Gasteiger partial charge >= 0.3 is 0 Å². The van der Waals surface area contributed by atoms with Crippen LogP contribution in [0.3, 0.4) is 0 Å². The standard InChI is InChI=1S/C20H18N2O5/c1-12-15(10-19(23)21-14-5-3-4-6-16(14)24-2)22-20(27-12)13-7-8-17-18(9-13)26-11-25-17/h3-9H,10-11H2,1-2H3,(H,21,23). The molecule has 0 fully saturated rings. The number of aryl methyl sites for hydroxylation is 1. The van der Waals surface area contributed by atoms with Crippen LogP contribution >= 0.6 is 0 Å². The lowest BCUT2D eigenvalue weighted by Gasteiger charge is -2.09. The van der Waals surface area contributed by atoms with E-state index in [1.165, 1.54) is 0 Å². The van der Waals surface area contributed by atoms with Gasteiger partial charge in [-0.3, -0.25) is 4.79 Å². The third-order valence-corrected chi connectivity index (χ3v) is 4.22. The van der Waals surface area contributed by atoms with Gasteiger partial charge in [-0.05, 0) is 37.3 Å². The lowest BCUT2D eigenvalue weighted by atomic mass is 10.2. The Balaban J connectivity index is 1.51. The van der Waals surface area contributed by atoms with E-state index < -0.39 is 0 Å². The second-order valence-corrected chi connectivity index (χ2v) is 6.02. The van der Waals surface area contributed by atoms with E-state index in [2.05, 4.69) is 10.3 Å². The number of ether oxygens (including phenoxy) is 3. The van der Waals surface area contributed by atoms with Crippen molar-refractivity contribution in [3.8, 4) is 28.7 Å². The smallest absolute Gasteiger partial charge is 0.231 e. The van der Waals surface area contributed by atoms with Crippen LogP contribution in [0.1, 0.15) is 11.5 Å². The predicted molar refractivity (Wildman–Crippen MR) is 98.1 cm³/mol. The van der Waals surface area contributed by atoms with Crippen LogP contribution in [-0.4, -0.2) is 24.8 Å². The molecule has 0 bridgehead atoms. The molecule has 0 atom stereocenters. The van der Waals surface area contributed by atoms with Gasteiger partial charge in [0.25, 0.3) is 0 Å². The highest BCUT2D eigenvalue weighted by Gasteiger charge is 2.19. The Morgan fingerprint density at radius 3 is 2.85 bits per heavy atom. The van der Waals surface area contributed by atoms with Gasteiger partial charge in [0, 0.05) is 5.56 Å². The number of anilines is 1. The Bertz CT molecular complexity index is 996. The number of rotatable bonds is 5. The van der Waals surface area contributed by atoms with Crippen molar-refractivity contribution in [3.05, 3.63) is 53.9 Å². The fourth-order valence-electron chi connectivity index (χ4n) is 2.84. The summed E-state index contributed by atoms with van der Waals surface area (Å²) in [6, 6.07) is 12.7. The van der Waals surface area contributed by atoms with Crippen molar-refractivity contribution < 1.29 is 23.4 Å². The van der Waals surface area contributed by atoms with E-state index in [-0.39, 0.29) is 19.1 Å². The number of amides is 1. The fraction of sp³-hybridized carbons (Fsp3) is 0.200. The lowest BCUT2D eigenvalue weighted by Crippen LogP contribution is -2.15. The van der Waals surface area contributed by atoms with Crippen LogP contribution in [0.4, 0.5) is 5.69 Å². The Hall–Kier alpha value is -3.48. The molecule has 7 heteroatoms. The summed E-state index contributed by atoms with van der Waals surface area (Å²) in [5.74, 6) is 2.78. The molecule has 3 aromatic rings. The third kappa shape index (κ3) is 3.44. The molecular weight excluding hydrogens is 348 g/mol. The van der Waals surface area contributed by atoms with Crippen molar-refractivity contribution >= 4 is 11.6 Å². The summed E-state index contributed by atoms with van der Waals surface area (Å²) in [7, 11) is 1.56. The van der Waals surface area contributed by atoms with Gasteiger partial charge in [-0.1, -0.05) is 12.1 Å². The Morgan fingerprint density at radius 2 is 2.00 bits per heavy atom. The molecule has 2 heterocycles. The van der Waals surface area contributed by atoms with Crippen LogP contribution in [0.25, 0.3) is 11.5 Å². The zero-order valence-corrected chi connectivity index (χ0v) is 14.9. The summed E-state index contributed by atoms with van der Waals surface area (Å²) in [6.45, 7) is 1.99. The summed E-state index contributed by atoms with van der Waals surface area (Å²) < 4.78 is 21.7. The van der Waals surface area contributed by atoms with Gasteiger partial charge in [0.2, 0.25) is 18.6 Å². The maximum Gasteiger partial charge on any atom is 0.231 e. The molecule has 2 aromatic carbocycles. The summed E-state index contributed by atoms with van der Waals surface area (Å²) in [6.07, 6.45) is 0.0952. The van der Waals surface area contributed by atoms with Crippen molar-refractivity contribution in [3.63, 3.8) is 0 Å². The van der Waals surface area contributed by atoms with Gasteiger partial charge in [-0.25, -0.2) is 4.98 Å². The minimum absolute atomic E-state index is 0.0952. The van der Waals surface area contributed by atoms with Crippen molar-refractivity contribution in [2.45, 2.75) is 13.3 Å². The summed E-state index contributed by atoms with van der Waals surface area (Å²) in [4.78, 5) is 16.9. The number of nitrogens with one attached hydrogen (secondary N) is 1. The maximum atomic E-state index is 12.4. The van der Waals surface area contributed by atoms with Gasteiger partial charge < -0.3 is 23.9 Å². The number of carbonyl (C=O) groups excluding carboxylic acids is 1. The number of oxazole rings is 1. The van der Waals surface area contributed by atoms with Gasteiger partial charge in [-0.15, -0.1) is 0 Å². The van der Waals surface area contributed by atoms with Crippen LogP contribution in [0, 0.1) is 6.92 Å².